The highest BCUT2D eigenvalue weighted by molar-refractivity contribution is 5.89. The lowest BCUT2D eigenvalue weighted by atomic mass is 10.3. The molecule has 5 heteroatoms. The molecule has 2 heterocycles. The van der Waals surface area contributed by atoms with E-state index in [0.717, 1.165) is 0 Å². The molecular formula is C11H11N3O2. The molecule has 0 atom stereocenters. The second-order valence-electron chi connectivity index (χ2n) is 3.49. The van der Waals surface area contributed by atoms with Gasteiger partial charge in [-0.25, -0.2) is 4.98 Å². The third-order valence-electron chi connectivity index (χ3n) is 2.22. The quantitative estimate of drug-likeness (QED) is 0.773. The fourth-order valence-corrected chi connectivity index (χ4v) is 1.52. The Hall–Kier alpha value is -2.17. The molecule has 2 aromatic rings. The van der Waals surface area contributed by atoms with E-state index in [-0.39, 0.29) is 17.2 Å². The van der Waals surface area contributed by atoms with Crippen LogP contribution in [0.5, 0.6) is 0 Å². The summed E-state index contributed by atoms with van der Waals surface area (Å²) >= 11 is 0. The first kappa shape index (κ1) is 10.4. The minimum absolute atomic E-state index is 0.233. The smallest absolute Gasteiger partial charge is 0.281 e. The molecule has 82 valence electrons. The number of hydrogen-bond donors (Lipinski definition) is 1. The first-order valence-corrected chi connectivity index (χ1v) is 4.85. The number of nitrogens with one attached hydrogen (secondary N) is 1. The molecule has 0 spiro atoms. The highest BCUT2D eigenvalue weighted by Gasteiger charge is 2.09. The van der Waals surface area contributed by atoms with Crippen molar-refractivity contribution >= 4 is 17.2 Å². The second kappa shape index (κ2) is 3.77. The molecule has 0 fully saturated rings. The number of aromatic nitrogens is 2. The number of nitrogens with zero attached hydrogens (tertiary/aromatic N) is 2. The van der Waals surface area contributed by atoms with Crippen molar-refractivity contribution in [3.8, 4) is 0 Å². The van der Waals surface area contributed by atoms with Gasteiger partial charge in [0.2, 0.25) is 5.91 Å². The topological polar surface area (TPSA) is 63.5 Å². The van der Waals surface area contributed by atoms with Gasteiger partial charge < -0.3 is 5.32 Å². The van der Waals surface area contributed by atoms with Gasteiger partial charge in [-0.2, -0.15) is 0 Å². The largest absolute Gasteiger partial charge is 0.320 e. The first-order chi connectivity index (χ1) is 7.59. The number of aryl methyl sites for hydroxylation is 1. The van der Waals surface area contributed by atoms with Crippen LogP contribution in [-0.2, 0) is 4.79 Å². The van der Waals surface area contributed by atoms with E-state index < -0.39 is 0 Å². The molecule has 0 unspecified atom stereocenters. The maximum atomic E-state index is 12.0. The van der Waals surface area contributed by atoms with Crippen molar-refractivity contribution in [1.29, 1.82) is 0 Å². The molecule has 0 aromatic carbocycles. The van der Waals surface area contributed by atoms with Crippen LogP contribution < -0.4 is 10.9 Å². The summed E-state index contributed by atoms with van der Waals surface area (Å²) in [4.78, 5) is 27.2. The maximum absolute atomic E-state index is 12.0. The van der Waals surface area contributed by atoms with Crippen molar-refractivity contribution in [3.63, 3.8) is 0 Å². The standard InChI is InChI=1S/C11H11N3O2/c1-7-10(13-8(2)15)11(16)14-6-4-3-5-9(14)12-7/h3-6H,1-2H3,(H,13,15). The molecule has 0 radical (unpaired) electrons. The lowest BCUT2D eigenvalue weighted by Crippen LogP contribution is -2.23. The van der Waals surface area contributed by atoms with E-state index in [4.69, 9.17) is 0 Å². The molecule has 0 aliphatic carbocycles. The fourth-order valence-electron chi connectivity index (χ4n) is 1.52. The van der Waals surface area contributed by atoms with Gasteiger partial charge in [-0.15, -0.1) is 0 Å². The van der Waals surface area contributed by atoms with Gasteiger partial charge in [0, 0.05) is 13.1 Å². The zero-order valence-corrected chi connectivity index (χ0v) is 9.02. The van der Waals surface area contributed by atoms with Crippen molar-refractivity contribution in [2.24, 2.45) is 0 Å². The summed E-state index contributed by atoms with van der Waals surface area (Å²) in [5, 5.41) is 2.50. The second-order valence-corrected chi connectivity index (χ2v) is 3.49. The van der Waals surface area contributed by atoms with Crippen molar-refractivity contribution in [3.05, 3.63) is 40.4 Å². The van der Waals surface area contributed by atoms with Crippen LogP contribution in [0.1, 0.15) is 12.6 Å². The maximum Gasteiger partial charge on any atom is 0.281 e. The Balaban J connectivity index is 2.76. The van der Waals surface area contributed by atoms with Crippen molar-refractivity contribution < 1.29 is 4.79 Å². The van der Waals surface area contributed by atoms with Gasteiger partial charge in [0.05, 0.1) is 5.69 Å². The minimum atomic E-state index is -0.280. The monoisotopic (exact) mass is 217 g/mol. The van der Waals surface area contributed by atoms with Crippen LogP contribution in [0.2, 0.25) is 0 Å². The van der Waals surface area contributed by atoms with Gasteiger partial charge in [0.1, 0.15) is 11.3 Å². The van der Waals surface area contributed by atoms with Gasteiger partial charge >= 0.3 is 0 Å². The molecular weight excluding hydrogens is 206 g/mol. The molecule has 1 N–H and O–H groups in total. The minimum Gasteiger partial charge on any atom is -0.320 e. The fraction of sp³-hybridized carbons (Fsp3) is 0.182. The highest BCUT2D eigenvalue weighted by Crippen LogP contribution is 2.07. The number of pyridine rings is 1. The number of carbonyl (C=O) groups is 1. The highest BCUT2D eigenvalue weighted by atomic mass is 16.2. The average Bonchev–Trinajstić information content (AvgIpc) is 2.24. The SMILES string of the molecule is CC(=O)Nc1c(C)nc2ccccn2c1=O. The van der Waals surface area contributed by atoms with Crippen LogP contribution in [0, 0.1) is 6.92 Å². The van der Waals surface area contributed by atoms with Crippen molar-refractivity contribution in [2.45, 2.75) is 13.8 Å². The van der Waals surface area contributed by atoms with E-state index in [1.165, 1.54) is 11.3 Å². The van der Waals surface area contributed by atoms with E-state index in [1.54, 1.807) is 31.3 Å². The molecule has 2 aromatic heterocycles. The summed E-state index contributed by atoms with van der Waals surface area (Å²) in [5.74, 6) is -0.280. The molecule has 0 bridgehead atoms. The number of rotatable bonds is 1. The zero-order chi connectivity index (χ0) is 11.7. The van der Waals surface area contributed by atoms with Gasteiger partial charge in [0.15, 0.2) is 0 Å². The molecule has 16 heavy (non-hydrogen) atoms. The van der Waals surface area contributed by atoms with Crippen LogP contribution in [0.3, 0.4) is 0 Å². The summed E-state index contributed by atoms with van der Waals surface area (Å²) in [6, 6.07) is 5.29. The number of carbonyl (C=O) groups excluding carboxylic acids is 1. The van der Waals surface area contributed by atoms with E-state index in [9.17, 15) is 9.59 Å². The Kier molecular flexibility index (Phi) is 2.44. The van der Waals surface area contributed by atoms with E-state index in [1.807, 2.05) is 0 Å². The zero-order valence-electron chi connectivity index (χ0n) is 9.02. The Morgan fingerprint density at radius 3 is 2.88 bits per heavy atom. The third kappa shape index (κ3) is 1.67. The normalized spacial score (nSPS) is 10.4. The lowest BCUT2D eigenvalue weighted by molar-refractivity contribution is -0.114. The molecule has 0 aliphatic heterocycles. The molecule has 5 nitrogen and oxygen atoms in total. The van der Waals surface area contributed by atoms with Crippen LogP contribution in [-0.4, -0.2) is 15.3 Å². The molecule has 1 amide bonds. The number of amides is 1. The van der Waals surface area contributed by atoms with Gasteiger partial charge in [0.25, 0.3) is 5.56 Å². The van der Waals surface area contributed by atoms with Crippen LogP contribution in [0.25, 0.3) is 5.65 Å². The van der Waals surface area contributed by atoms with Crippen molar-refractivity contribution in [2.75, 3.05) is 5.32 Å². The van der Waals surface area contributed by atoms with Crippen LogP contribution >= 0.6 is 0 Å². The Labute approximate surface area is 91.7 Å². The third-order valence-corrected chi connectivity index (χ3v) is 2.22. The molecule has 0 saturated heterocycles. The first-order valence-electron chi connectivity index (χ1n) is 4.85. The predicted octanol–water partition coefficient (Wildman–Crippen LogP) is 0.961. The summed E-state index contributed by atoms with van der Waals surface area (Å²) in [7, 11) is 0. The van der Waals surface area contributed by atoms with Crippen LogP contribution in [0.15, 0.2) is 29.2 Å². The van der Waals surface area contributed by atoms with E-state index >= 15 is 0 Å². The summed E-state index contributed by atoms with van der Waals surface area (Å²) < 4.78 is 1.40. The number of anilines is 1. The Bertz CT molecular complexity index is 616. The summed E-state index contributed by atoms with van der Waals surface area (Å²) in [6.45, 7) is 3.05. The average molecular weight is 217 g/mol. The Morgan fingerprint density at radius 1 is 1.44 bits per heavy atom. The Morgan fingerprint density at radius 2 is 2.19 bits per heavy atom. The molecule has 0 saturated carbocycles. The van der Waals surface area contributed by atoms with E-state index in [2.05, 4.69) is 10.3 Å². The molecule has 0 aliphatic rings. The number of hydrogen-bond acceptors (Lipinski definition) is 3. The van der Waals surface area contributed by atoms with Crippen LogP contribution in [0.4, 0.5) is 5.69 Å². The summed E-state index contributed by atoms with van der Waals surface area (Å²) in [5.41, 5.74) is 1.06. The summed E-state index contributed by atoms with van der Waals surface area (Å²) in [6.07, 6.45) is 1.62. The van der Waals surface area contributed by atoms with Gasteiger partial charge in [-0.05, 0) is 19.1 Å². The predicted molar refractivity (Wildman–Crippen MR) is 60.5 cm³/mol. The lowest BCUT2D eigenvalue weighted by Gasteiger charge is -2.07. The molecule has 2 rings (SSSR count). The number of fused-ring (bicyclic) bond motifs is 1. The van der Waals surface area contributed by atoms with Gasteiger partial charge in [-0.3, -0.25) is 14.0 Å². The van der Waals surface area contributed by atoms with Crippen molar-refractivity contribution in [1.82, 2.24) is 9.38 Å². The van der Waals surface area contributed by atoms with E-state index in [0.29, 0.717) is 11.3 Å². The van der Waals surface area contributed by atoms with Gasteiger partial charge in [-0.1, -0.05) is 6.07 Å².